The van der Waals surface area contributed by atoms with Crippen molar-refractivity contribution >= 4 is 0 Å². The third-order valence-electron chi connectivity index (χ3n) is 1.77. The molecule has 0 aromatic heterocycles. The van der Waals surface area contributed by atoms with Crippen molar-refractivity contribution in [3.8, 4) is 0 Å². The van der Waals surface area contributed by atoms with Crippen LogP contribution in [-0.2, 0) is 0 Å². The molecule has 0 amide bonds. The standard InChI is InChI=1S/C8H19N.C3H9N/c1-3-5-7-9-8-6-4-2;1-3-4-2/h9H,3-8H2,1-2H3;4H,3H2,1-2H3. The zero-order valence-electron chi connectivity index (χ0n) is 9.95. The summed E-state index contributed by atoms with van der Waals surface area (Å²) < 4.78 is 0. The molecule has 0 aliphatic carbocycles. The summed E-state index contributed by atoms with van der Waals surface area (Å²) in [6.07, 6.45) is 5.26. The summed E-state index contributed by atoms with van der Waals surface area (Å²) in [5.41, 5.74) is 0. The van der Waals surface area contributed by atoms with Gasteiger partial charge in [0.05, 0.1) is 0 Å². The summed E-state index contributed by atoms with van der Waals surface area (Å²) in [5, 5.41) is 6.32. The zero-order chi connectivity index (χ0) is 10.4. The Morgan fingerprint density at radius 2 is 1.23 bits per heavy atom. The first-order chi connectivity index (χ1) is 6.33. The van der Waals surface area contributed by atoms with Gasteiger partial charge in [-0.3, -0.25) is 0 Å². The second-order valence-corrected chi connectivity index (χ2v) is 3.16. The smallest absolute Gasteiger partial charge is 0.00490 e. The molecule has 0 rings (SSSR count). The molecule has 2 N–H and O–H groups in total. The van der Waals surface area contributed by atoms with Crippen LogP contribution in [0, 0.1) is 0 Å². The normalized spacial score (nSPS) is 9.23. The van der Waals surface area contributed by atoms with Crippen molar-refractivity contribution in [3.63, 3.8) is 0 Å². The van der Waals surface area contributed by atoms with Gasteiger partial charge in [-0.2, -0.15) is 0 Å². The molecule has 0 atom stereocenters. The highest BCUT2D eigenvalue weighted by molar-refractivity contribution is 4.45. The van der Waals surface area contributed by atoms with Crippen LogP contribution in [0.15, 0.2) is 0 Å². The second kappa shape index (κ2) is 17.9. The lowest BCUT2D eigenvalue weighted by atomic mass is 10.3. The summed E-state index contributed by atoms with van der Waals surface area (Å²) in [6, 6.07) is 0. The molecule has 0 radical (unpaired) electrons. The Bertz CT molecular complexity index is 57.1. The van der Waals surface area contributed by atoms with Gasteiger partial charge in [-0.25, -0.2) is 0 Å². The average molecular weight is 188 g/mol. The van der Waals surface area contributed by atoms with Gasteiger partial charge in [0.15, 0.2) is 0 Å². The van der Waals surface area contributed by atoms with Crippen molar-refractivity contribution in [2.45, 2.75) is 46.5 Å². The maximum absolute atomic E-state index is 3.39. The van der Waals surface area contributed by atoms with Gasteiger partial charge in [-0.1, -0.05) is 33.6 Å². The van der Waals surface area contributed by atoms with Crippen molar-refractivity contribution < 1.29 is 0 Å². The number of unbranched alkanes of at least 4 members (excludes halogenated alkanes) is 2. The average Bonchev–Trinajstić information content (AvgIpc) is 2.18. The van der Waals surface area contributed by atoms with E-state index in [0.717, 1.165) is 6.54 Å². The molecule has 0 unspecified atom stereocenters. The fourth-order valence-corrected chi connectivity index (χ4v) is 0.729. The Balaban J connectivity index is 0. The Morgan fingerprint density at radius 1 is 0.846 bits per heavy atom. The van der Waals surface area contributed by atoms with Crippen LogP contribution in [0.2, 0.25) is 0 Å². The molecule has 0 aliphatic rings. The van der Waals surface area contributed by atoms with E-state index in [4.69, 9.17) is 0 Å². The molecule has 0 aromatic carbocycles. The van der Waals surface area contributed by atoms with Crippen LogP contribution >= 0.6 is 0 Å². The van der Waals surface area contributed by atoms with E-state index in [0.29, 0.717) is 0 Å². The fourth-order valence-electron chi connectivity index (χ4n) is 0.729. The molecule has 0 aliphatic heterocycles. The van der Waals surface area contributed by atoms with Gasteiger partial charge in [-0.15, -0.1) is 0 Å². The molecule has 0 saturated heterocycles. The van der Waals surface area contributed by atoms with E-state index in [9.17, 15) is 0 Å². The summed E-state index contributed by atoms with van der Waals surface area (Å²) in [5.74, 6) is 0. The summed E-state index contributed by atoms with van der Waals surface area (Å²) in [7, 11) is 1.93. The van der Waals surface area contributed by atoms with E-state index in [2.05, 4.69) is 31.4 Å². The number of hydrogen-bond donors (Lipinski definition) is 2. The van der Waals surface area contributed by atoms with Gasteiger partial charge in [-0.05, 0) is 39.5 Å². The van der Waals surface area contributed by atoms with Crippen LogP contribution in [0.25, 0.3) is 0 Å². The Kier molecular flexibility index (Phi) is 21.2. The number of nitrogens with one attached hydrogen (secondary N) is 2. The maximum Gasteiger partial charge on any atom is -0.00490 e. The fraction of sp³-hybridized carbons (Fsp3) is 1.00. The Hall–Kier alpha value is -0.0800. The first-order valence-corrected chi connectivity index (χ1v) is 5.68. The van der Waals surface area contributed by atoms with E-state index in [1.165, 1.54) is 38.8 Å². The van der Waals surface area contributed by atoms with Crippen LogP contribution in [0.5, 0.6) is 0 Å². The summed E-state index contributed by atoms with van der Waals surface area (Å²) >= 11 is 0. The van der Waals surface area contributed by atoms with Crippen molar-refractivity contribution in [2.24, 2.45) is 0 Å². The van der Waals surface area contributed by atoms with Crippen LogP contribution in [-0.4, -0.2) is 26.7 Å². The first kappa shape index (κ1) is 15.4. The predicted octanol–water partition coefficient (Wildman–Crippen LogP) is 2.40. The third-order valence-corrected chi connectivity index (χ3v) is 1.77. The van der Waals surface area contributed by atoms with Crippen molar-refractivity contribution in [2.75, 3.05) is 26.7 Å². The second-order valence-electron chi connectivity index (χ2n) is 3.16. The lowest BCUT2D eigenvalue weighted by molar-refractivity contribution is 0.611. The van der Waals surface area contributed by atoms with E-state index in [1.54, 1.807) is 0 Å². The molecule has 82 valence electrons. The highest BCUT2D eigenvalue weighted by Gasteiger charge is 1.83. The molecule has 0 spiro atoms. The minimum Gasteiger partial charge on any atom is -0.320 e. The van der Waals surface area contributed by atoms with E-state index in [1.807, 2.05) is 7.05 Å². The maximum atomic E-state index is 3.39. The van der Waals surface area contributed by atoms with Crippen LogP contribution in [0.4, 0.5) is 0 Å². The minimum absolute atomic E-state index is 1.07. The van der Waals surface area contributed by atoms with Gasteiger partial charge >= 0.3 is 0 Å². The summed E-state index contributed by atoms with van der Waals surface area (Å²) in [6.45, 7) is 10.00. The molecule has 0 bridgehead atoms. The minimum atomic E-state index is 1.07. The number of hydrogen-bond acceptors (Lipinski definition) is 2. The van der Waals surface area contributed by atoms with Gasteiger partial charge in [0.25, 0.3) is 0 Å². The Labute approximate surface area is 84.5 Å². The molecular formula is C11H28N2. The third kappa shape index (κ3) is 24.5. The lowest BCUT2D eigenvalue weighted by Gasteiger charge is -1.99. The molecule has 13 heavy (non-hydrogen) atoms. The van der Waals surface area contributed by atoms with E-state index < -0.39 is 0 Å². The van der Waals surface area contributed by atoms with Gasteiger partial charge in [0, 0.05) is 0 Å². The lowest BCUT2D eigenvalue weighted by Crippen LogP contribution is -2.15. The number of rotatable bonds is 7. The predicted molar refractivity (Wildman–Crippen MR) is 62.3 cm³/mol. The van der Waals surface area contributed by atoms with Crippen LogP contribution in [0.3, 0.4) is 0 Å². The molecule has 2 nitrogen and oxygen atoms in total. The SMILES string of the molecule is CCCCNCCCC.CCNC. The highest BCUT2D eigenvalue weighted by Crippen LogP contribution is 1.85. The van der Waals surface area contributed by atoms with E-state index in [-0.39, 0.29) is 0 Å². The Morgan fingerprint density at radius 3 is 1.46 bits per heavy atom. The van der Waals surface area contributed by atoms with Gasteiger partial charge in [0.1, 0.15) is 0 Å². The molecule has 0 aromatic rings. The largest absolute Gasteiger partial charge is 0.320 e. The molecule has 2 heteroatoms. The topological polar surface area (TPSA) is 24.1 Å². The zero-order valence-corrected chi connectivity index (χ0v) is 9.95. The van der Waals surface area contributed by atoms with Crippen molar-refractivity contribution in [1.82, 2.24) is 10.6 Å². The highest BCUT2D eigenvalue weighted by atomic mass is 14.8. The van der Waals surface area contributed by atoms with Gasteiger partial charge < -0.3 is 10.6 Å². The van der Waals surface area contributed by atoms with Crippen LogP contribution < -0.4 is 10.6 Å². The molecule has 0 heterocycles. The summed E-state index contributed by atoms with van der Waals surface area (Å²) in [4.78, 5) is 0. The van der Waals surface area contributed by atoms with Crippen LogP contribution in [0.1, 0.15) is 46.5 Å². The monoisotopic (exact) mass is 188 g/mol. The molecular weight excluding hydrogens is 160 g/mol. The van der Waals surface area contributed by atoms with Crippen molar-refractivity contribution in [1.29, 1.82) is 0 Å². The molecule has 0 fully saturated rings. The van der Waals surface area contributed by atoms with Gasteiger partial charge in [0.2, 0.25) is 0 Å². The van der Waals surface area contributed by atoms with Crippen molar-refractivity contribution in [3.05, 3.63) is 0 Å². The van der Waals surface area contributed by atoms with E-state index >= 15 is 0 Å². The quantitative estimate of drug-likeness (QED) is 0.600. The first-order valence-electron chi connectivity index (χ1n) is 5.68. The molecule has 0 saturated carbocycles.